The third kappa shape index (κ3) is 4.27. The predicted molar refractivity (Wildman–Crippen MR) is 131 cm³/mol. The quantitative estimate of drug-likeness (QED) is 0.202. The number of pyridine rings is 1. The molecule has 0 radical (unpaired) electrons. The van der Waals surface area contributed by atoms with Crippen molar-refractivity contribution in [3.05, 3.63) is 89.9 Å². The predicted octanol–water partition coefficient (Wildman–Crippen LogP) is 6.73. The van der Waals surface area contributed by atoms with Crippen LogP contribution in [0.5, 0.6) is 0 Å². The monoisotopic (exact) mass is 481 g/mol. The maximum absolute atomic E-state index is 14.9. The van der Waals surface area contributed by atoms with Crippen LogP contribution in [0.4, 0.5) is 13.2 Å². The van der Waals surface area contributed by atoms with Gasteiger partial charge < -0.3 is 9.22 Å². The molecule has 4 heterocycles. The van der Waals surface area contributed by atoms with Crippen LogP contribution in [0.2, 0.25) is 0 Å². The molecule has 2 aromatic carbocycles. The van der Waals surface area contributed by atoms with Crippen molar-refractivity contribution in [1.29, 1.82) is 0 Å². The average Bonchev–Trinajstić information content (AvgIpc) is 2.89. The molecule has 3 aromatic rings. The topological polar surface area (TPSA) is 22.1 Å². The van der Waals surface area contributed by atoms with Gasteiger partial charge in [-0.05, 0) is 42.2 Å². The van der Waals surface area contributed by atoms with E-state index in [4.69, 9.17) is 4.74 Å². The third-order valence-electron chi connectivity index (χ3n) is 8.31. The van der Waals surface area contributed by atoms with E-state index in [1.54, 1.807) is 6.08 Å². The van der Waals surface area contributed by atoms with E-state index >= 15 is 0 Å². The molecule has 3 saturated heterocycles. The van der Waals surface area contributed by atoms with E-state index in [1.165, 1.54) is 6.07 Å². The number of nitrogens with zero attached hydrogens (tertiary/aromatic N) is 2. The summed E-state index contributed by atoms with van der Waals surface area (Å²) in [6.45, 7) is 8.50. The van der Waals surface area contributed by atoms with E-state index in [-0.39, 0.29) is 17.7 Å². The van der Waals surface area contributed by atoms with E-state index in [1.807, 2.05) is 30.5 Å². The normalized spacial score (nSPS) is 26.7. The number of piperidine rings is 3. The van der Waals surface area contributed by atoms with Crippen molar-refractivity contribution >= 4 is 10.9 Å². The Hall–Kier alpha value is -2.70. The molecule has 0 aliphatic carbocycles. The van der Waals surface area contributed by atoms with Crippen LogP contribution in [0.15, 0.2) is 61.3 Å². The summed E-state index contributed by atoms with van der Waals surface area (Å²) in [4.78, 5) is 4.53. The Labute approximate surface area is 204 Å². The minimum absolute atomic E-state index is 0.0508. The number of ether oxygens (including phenoxy) is 1. The van der Waals surface area contributed by atoms with Gasteiger partial charge in [0.05, 0.1) is 25.2 Å². The molecule has 3 fully saturated rings. The molecule has 184 valence electrons. The summed E-state index contributed by atoms with van der Waals surface area (Å²) >= 11 is 0. The minimum atomic E-state index is -1.39. The first kappa shape index (κ1) is 24.0. The second-order valence-electron chi connectivity index (χ2n) is 10.1. The summed E-state index contributed by atoms with van der Waals surface area (Å²) in [5.41, 5.74) is 2.19. The van der Waals surface area contributed by atoms with E-state index in [0.717, 1.165) is 54.9 Å². The summed E-state index contributed by atoms with van der Waals surface area (Å²) < 4.78 is 49.9. The van der Waals surface area contributed by atoms with Crippen molar-refractivity contribution in [1.82, 2.24) is 4.98 Å². The van der Waals surface area contributed by atoms with Crippen LogP contribution in [0, 0.1) is 29.3 Å². The first-order valence-electron chi connectivity index (χ1n) is 12.5. The molecule has 3 aliphatic rings. The lowest BCUT2D eigenvalue weighted by Gasteiger charge is -2.59. The van der Waals surface area contributed by atoms with Crippen LogP contribution in [0.25, 0.3) is 10.9 Å². The molecule has 0 N–H and O–H groups in total. The van der Waals surface area contributed by atoms with Gasteiger partial charge in [-0.2, -0.15) is 0 Å². The van der Waals surface area contributed by atoms with E-state index in [9.17, 15) is 13.2 Å². The molecule has 0 amide bonds. The molecular formula is C29H32F3N2O+. The Morgan fingerprint density at radius 3 is 2.77 bits per heavy atom. The van der Waals surface area contributed by atoms with Gasteiger partial charge in [0, 0.05) is 35.9 Å². The molecule has 6 rings (SSSR count). The summed E-state index contributed by atoms with van der Waals surface area (Å²) in [5, 5.41) is 1.04. The van der Waals surface area contributed by atoms with Crippen LogP contribution in [-0.4, -0.2) is 35.2 Å². The number of rotatable bonds is 8. The smallest absolute Gasteiger partial charge is 0.194 e. The van der Waals surface area contributed by atoms with Crippen molar-refractivity contribution in [3.63, 3.8) is 0 Å². The van der Waals surface area contributed by atoms with Crippen molar-refractivity contribution in [2.75, 3.05) is 19.7 Å². The van der Waals surface area contributed by atoms with Gasteiger partial charge in [-0.1, -0.05) is 31.2 Å². The summed E-state index contributed by atoms with van der Waals surface area (Å²) in [7, 11) is 0. The fraction of sp³-hybridized carbons (Fsp3) is 0.414. The zero-order valence-corrected chi connectivity index (χ0v) is 20.1. The maximum Gasteiger partial charge on any atom is 0.194 e. The van der Waals surface area contributed by atoms with Crippen LogP contribution < -0.4 is 0 Å². The van der Waals surface area contributed by atoms with E-state index < -0.39 is 17.5 Å². The zero-order chi connectivity index (χ0) is 24.6. The highest BCUT2D eigenvalue weighted by Crippen LogP contribution is 2.49. The van der Waals surface area contributed by atoms with Crippen LogP contribution >= 0.6 is 0 Å². The highest BCUT2D eigenvalue weighted by atomic mass is 19.2. The Kier molecular flexibility index (Phi) is 6.69. The van der Waals surface area contributed by atoms with Crippen molar-refractivity contribution in [2.24, 2.45) is 11.8 Å². The molecule has 35 heavy (non-hydrogen) atoms. The van der Waals surface area contributed by atoms with Gasteiger partial charge in [-0.15, -0.1) is 6.58 Å². The Morgan fingerprint density at radius 1 is 1.14 bits per heavy atom. The van der Waals surface area contributed by atoms with Crippen molar-refractivity contribution in [2.45, 2.75) is 44.9 Å². The first-order valence-corrected chi connectivity index (χ1v) is 12.5. The number of quaternary nitrogens is 1. The molecule has 0 spiro atoms. The molecule has 3 aliphatic heterocycles. The van der Waals surface area contributed by atoms with Gasteiger partial charge in [-0.25, -0.2) is 13.2 Å². The van der Waals surface area contributed by atoms with Crippen LogP contribution in [0.1, 0.15) is 43.4 Å². The SMILES string of the molecule is C=CCO[C@H](c1ccnc2ccccc12)[C@@H]1C[C@@H]2CC[N@@+]1(Cc1ccc(F)c(F)c1F)C[C@@H]2CC. The summed E-state index contributed by atoms with van der Waals surface area (Å²) in [6.07, 6.45) is 6.35. The van der Waals surface area contributed by atoms with Crippen LogP contribution in [0.3, 0.4) is 0 Å². The molecule has 6 heteroatoms. The van der Waals surface area contributed by atoms with Crippen LogP contribution in [-0.2, 0) is 11.3 Å². The van der Waals surface area contributed by atoms with E-state index in [2.05, 4.69) is 24.6 Å². The maximum atomic E-state index is 14.9. The lowest BCUT2D eigenvalue weighted by molar-refractivity contribution is -0.986. The molecule has 1 aromatic heterocycles. The fourth-order valence-electron chi connectivity index (χ4n) is 6.62. The summed E-state index contributed by atoms with van der Waals surface area (Å²) in [6, 6.07) is 12.5. The standard InChI is InChI=1S/C29H32F3N2O/c1-3-15-35-29(23-11-13-33-25-8-6-5-7-22(23)25)26-16-20-12-14-34(26,17-19(20)4-2)18-21-9-10-24(30)28(32)27(21)31/h3,5-11,13,19-20,26,29H,1,4,12,14-18H2,2H3/q+1/t19-,20-,26-,29+,34-/m0/s1. The molecule has 5 atom stereocenters. The van der Waals surface area contributed by atoms with Crippen molar-refractivity contribution in [3.8, 4) is 0 Å². The third-order valence-corrected chi connectivity index (χ3v) is 8.31. The molecule has 3 nitrogen and oxygen atoms in total. The van der Waals surface area contributed by atoms with Gasteiger partial charge in [0.25, 0.3) is 0 Å². The van der Waals surface area contributed by atoms with Gasteiger partial charge >= 0.3 is 0 Å². The van der Waals surface area contributed by atoms with Gasteiger partial charge in [0.2, 0.25) is 0 Å². The summed E-state index contributed by atoms with van der Waals surface area (Å²) in [5.74, 6) is -2.53. The van der Waals surface area contributed by atoms with Gasteiger partial charge in [0.1, 0.15) is 18.7 Å². The molecular weight excluding hydrogens is 449 g/mol. The lowest BCUT2D eigenvalue weighted by Crippen LogP contribution is -2.68. The number of benzene rings is 2. The van der Waals surface area contributed by atoms with Gasteiger partial charge in [-0.3, -0.25) is 4.98 Å². The lowest BCUT2D eigenvalue weighted by atomic mass is 9.70. The molecule has 2 bridgehead atoms. The highest BCUT2D eigenvalue weighted by Gasteiger charge is 2.55. The Balaban J connectivity index is 1.61. The fourth-order valence-corrected chi connectivity index (χ4v) is 6.62. The second kappa shape index (κ2) is 9.75. The molecule has 0 unspecified atom stereocenters. The number of para-hydroxylation sites is 1. The number of aromatic nitrogens is 1. The Bertz CT molecular complexity index is 1230. The first-order chi connectivity index (χ1) is 17.0. The number of fused-ring (bicyclic) bond motifs is 4. The highest BCUT2D eigenvalue weighted by molar-refractivity contribution is 5.82. The zero-order valence-electron chi connectivity index (χ0n) is 20.1. The average molecular weight is 482 g/mol. The largest absolute Gasteiger partial charge is 0.363 e. The number of hydrogen-bond acceptors (Lipinski definition) is 2. The van der Waals surface area contributed by atoms with Crippen molar-refractivity contribution < 1.29 is 22.4 Å². The van der Waals surface area contributed by atoms with Gasteiger partial charge in [0.15, 0.2) is 17.5 Å². The number of halogens is 3. The minimum Gasteiger partial charge on any atom is -0.363 e. The number of hydrogen-bond donors (Lipinski definition) is 0. The van der Waals surface area contributed by atoms with E-state index in [0.29, 0.717) is 29.5 Å². The molecule has 0 saturated carbocycles. The second-order valence-corrected chi connectivity index (χ2v) is 10.1. The Morgan fingerprint density at radius 2 is 1.97 bits per heavy atom.